The quantitative estimate of drug-likeness (QED) is 0.905. The Kier molecular flexibility index (Phi) is 4.66. The smallest absolute Gasteiger partial charge is 0.0447 e. The number of fused-ring (bicyclic) bond motifs is 1. The van der Waals surface area contributed by atoms with Crippen molar-refractivity contribution in [3.05, 3.63) is 34.9 Å². The van der Waals surface area contributed by atoms with E-state index in [9.17, 15) is 0 Å². The molecular weight excluding hydrogens is 256 g/mol. The molecule has 1 aliphatic carbocycles. The van der Waals surface area contributed by atoms with Crippen LogP contribution in [0.15, 0.2) is 18.2 Å². The van der Waals surface area contributed by atoms with E-state index in [0.717, 1.165) is 12.0 Å². The Bertz CT molecular complexity index is 482. The fourth-order valence-corrected chi connectivity index (χ4v) is 4.36. The van der Waals surface area contributed by atoms with Crippen LogP contribution >= 0.6 is 0 Å². The number of aryl methyl sites for hydroxylation is 2. The van der Waals surface area contributed by atoms with Gasteiger partial charge >= 0.3 is 0 Å². The lowest BCUT2D eigenvalue weighted by Crippen LogP contribution is -2.46. The van der Waals surface area contributed by atoms with Crippen molar-refractivity contribution in [2.24, 2.45) is 5.92 Å². The highest BCUT2D eigenvalue weighted by Gasteiger charge is 2.35. The molecule has 1 aromatic rings. The minimum atomic E-state index is 0.462. The first kappa shape index (κ1) is 15.1. The molecule has 116 valence electrons. The Morgan fingerprint density at radius 3 is 2.71 bits per heavy atom. The zero-order valence-electron chi connectivity index (χ0n) is 13.9. The van der Waals surface area contributed by atoms with Crippen molar-refractivity contribution in [3.63, 3.8) is 0 Å². The van der Waals surface area contributed by atoms with Gasteiger partial charge in [0.1, 0.15) is 0 Å². The van der Waals surface area contributed by atoms with Crippen molar-refractivity contribution in [1.29, 1.82) is 0 Å². The Morgan fingerprint density at radius 2 is 1.95 bits per heavy atom. The van der Waals surface area contributed by atoms with Gasteiger partial charge in [0.2, 0.25) is 0 Å². The maximum Gasteiger partial charge on any atom is 0.0447 e. The summed E-state index contributed by atoms with van der Waals surface area (Å²) < 4.78 is 0. The van der Waals surface area contributed by atoms with Crippen LogP contribution in [-0.4, -0.2) is 31.1 Å². The summed E-state index contributed by atoms with van der Waals surface area (Å²) in [5.74, 6) is 0.982. The van der Waals surface area contributed by atoms with Crippen molar-refractivity contribution in [2.75, 3.05) is 20.1 Å². The van der Waals surface area contributed by atoms with Crippen LogP contribution in [0.5, 0.6) is 0 Å². The van der Waals surface area contributed by atoms with Crippen LogP contribution in [0.4, 0.5) is 0 Å². The van der Waals surface area contributed by atoms with Gasteiger partial charge in [-0.15, -0.1) is 0 Å². The number of benzene rings is 1. The number of rotatable bonds is 4. The lowest BCUT2D eigenvalue weighted by molar-refractivity contribution is 0.102. The molecule has 0 aromatic heterocycles. The first-order valence-electron chi connectivity index (χ1n) is 8.67. The molecule has 1 saturated carbocycles. The van der Waals surface area contributed by atoms with E-state index in [1.165, 1.54) is 61.9 Å². The van der Waals surface area contributed by atoms with E-state index in [1.54, 1.807) is 0 Å². The maximum absolute atomic E-state index is 3.55. The molecule has 1 heterocycles. The third-order valence-corrected chi connectivity index (χ3v) is 5.81. The Labute approximate surface area is 129 Å². The van der Waals surface area contributed by atoms with Crippen molar-refractivity contribution < 1.29 is 0 Å². The van der Waals surface area contributed by atoms with Crippen molar-refractivity contribution in [1.82, 2.24) is 10.2 Å². The summed E-state index contributed by atoms with van der Waals surface area (Å²) in [5, 5.41) is 3.55. The minimum Gasteiger partial charge on any atom is -0.312 e. The molecule has 0 spiro atoms. The third-order valence-electron chi connectivity index (χ3n) is 5.81. The van der Waals surface area contributed by atoms with Crippen LogP contribution in [0.25, 0.3) is 0 Å². The average Bonchev–Trinajstić information content (AvgIpc) is 2.97. The van der Waals surface area contributed by atoms with E-state index in [4.69, 9.17) is 0 Å². The molecule has 2 fully saturated rings. The SMILES string of the molecule is CNC(CN1CCCC2CCCC21)c1ccc(C)c(C)c1. The van der Waals surface area contributed by atoms with Crippen LogP contribution in [0.3, 0.4) is 0 Å². The predicted molar refractivity (Wildman–Crippen MR) is 89.7 cm³/mol. The van der Waals surface area contributed by atoms with E-state index in [2.05, 4.69) is 49.3 Å². The summed E-state index contributed by atoms with van der Waals surface area (Å²) in [6, 6.07) is 8.26. The highest BCUT2D eigenvalue weighted by Crippen LogP contribution is 2.37. The third kappa shape index (κ3) is 3.17. The number of piperidine rings is 1. The van der Waals surface area contributed by atoms with Gasteiger partial charge < -0.3 is 5.32 Å². The molecule has 1 aromatic carbocycles. The number of likely N-dealkylation sites (tertiary alicyclic amines) is 1. The van der Waals surface area contributed by atoms with Gasteiger partial charge in [-0.1, -0.05) is 24.6 Å². The van der Waals surface area contributed by atoms with E-state index >= 15 is 0 Å². The average molecular weight is 286 g/mol. The molecule has 1 saturated heterocycles. The second-order valence-electron chi connectivity index (χ2n) is 7.08. The highest BCUT2D eigenvalue weighted by atomic mass is 15.2. The van der Waals surface area contributed by atoms with Crippen molar-refractivity contribution in [3.8, 4) is 0 Å². The monoisotopic (exact) mass is 286 g/mol. The number of nitrogens with zero attached hydrogens (tertiary/aromatic N) is 1. The summed E-state index contributed by atoms with van der Waals surface area (Å²) >= 11 is 0. The molecule has 21 heavy (non-hydrogen) atoms. The van der Waals surface area contributed by atoms with Gasteiger partial charge in [-0.3, -0.25) is 4.90 Å². The summed E-state index contributed by atoms with van der Waals surface area (Å²) in [5.41, 5.74) is 4.24. The van der Waals surface area contributed by atoms with Gasteiger partial charge in [-0.2, -0.15) is 0 Å². The van der Waals surface area contributed by atoms with E-state index in [-0.39, 0.29) is 0 Å². The number of nitrogens with one attached hydrogen (secondary N) is 1. The Hall–Kier alpha value is -0.860. The fourth-order valence-electron chi connectivity index (χ4n) is 4.36. The molecular formula is C19H30N2. The molecule has 2 aliphatic rings. The van der Waals surface area contributed by atoms with Crippen molar-refractivity contribution in [2.45, 2.75) is 58.0 Å². The number of hydrogen-bond donors (Lipinski definition) is 1. The highest BCUT2D eigenvalue weighted by molar-refractivity contribution is 5.32. The molecule has 3 unspecified atom stereocenters. The first-order valence-corrected chi connectivity index (χ1v) is 8.67. The van der Waals surface area contributed by atoms with Gasteiger partial charge in [0, 0.05) is 18.6 Å². The number of likely N-dealkylation sites (N-methyl/N-ethyl adjacent to an activating group) is 1. The largest absolute Gasteiger partial charge is 0.312 e. The molecule has 0 amide bonds. The second-order valence-corrected chi connectivity index (χ2v) is 7.08. The van der Waals surface area contributed by atoms with Gasteiger partial charge in [0.15, 0.2) is 0 Å². The van der Waals surface area contributed by atoms with E-state index < -0.39 is 0 Å². The molecule has 3 atom stereocenters. The van der Waals surface area contributed by atoms with Gasteiger partial charge in [-0.05, 0) is 75.7 Å². The maximum atomic E-state index is 3.55. The molecule has 0 radical (unpaired) electrons. The van der Waals surface area contributed by atoms with E-state index in [1.807, 2.05) is 0 Å². The molecule has 2 heteroatoms. The summed E-state index contributed by atoms with van der Waals surface area (Å²) in [6.45, 7) is 6.88. The molecule has 1 aliphatic heterocycles. The lowest BCUT2D eigenvalue weighted by atomic mass is 9.91. The zero-order valence-corrected chi connectivity index (χ0v) is 13.9. The van der Waals surface area contributed by atoms with Gasteiger partial charge in [-0.25, -0.2) is 0 Å². The summed E-state index contributed by atoms with van der Waals surface area (Å²) in [6.07, 6.45) is 7.20. The molecule has 1 N–H and O–H groups in total. The first-order chi connectivity index (χ1) is 10.2. The summed E-state index contributed by atoms with van der Waals surface area (Å²) in [7, 11) is 2.11. The lowest BCUT2D eigenvalue weighted by Gasteiger charge is -2.39. The van der Waals surface area contributed by atoms with Gasteiger partial charge in [0.05, 0.1) is 0 Å². The second kappa shape index (κ2) is 6.50. The Balaban J connectivity index is 1.72. The van der Waals surface area contributed by atoms with Gasteiger partial charge in [0.25, 0.3) is 0 Å². The van der Waals surface area contributed by atoms with Crippen LogP contribution in [0.2, 0.25) is 0 Å². The fraction of sp³-hybridized carbons (Fsp3) is 0.684. The normalized spacial score (nSPS) is 27.6. The van der Waals surface area contributed by atoms with Crippen LogP contribution in [0.1, 0.15) is 54.8 Å². The van der Waals surface area contributed by atoms with E-state index in [0.29, 0.717) is 6.04 Å². The molecule has 2 nitrogen and oxygen atoms in total. The zero-order chi connectivity index (χ0) is 14.8. The van der Waals surface area contributed by atoms with Crippen molar-refractivity contribution >= 4 is 0 Å². The topological polar surface area (TPSA) is 15.3 Å². The molecule has 0 bridgehead atoms. The van der Waals surface area contributed by atoms with Crippen LogP contribution in [-0.2, 0) is 0 Å². The van der Waals surface area contributed by atoms with Crippen LogP contribution in [0, 0.1) is 19.8 Å². The Morgan fingerprint density at radius 1 is 1.14 bits per heavy atom. The number of hydrogen-bond acceptors (Lipinski definition) is 2. The standard InChI is InChI=1S/C19H30N2/c1-14-9-10-17(12-15(14)2)18(20-3)13-21-11-5-7-16-6-4-8-19(16)21/h9-10,12,16,18-20H,4-8,11,13H2,1-3H3. The van der Waals surface area contributed by atoms with Crippen LogP contribution < -0.4 is 5.32 Å². The predicted octanol–water partition coefficient (Wildman–Crippen LogP) is 3.83. The minimum absolute atomic E-state index is 0.462. The molecule has 3 rings (SSSR count). The summed E-state index contributed by atoms with van der Waals surface area (Å²) in [4.78, 5) is 2.78.